The number of aromatic amines is 1. The molecule has 1 aromatic carbocycles. The minimum Gasteiger partial charge on any atom is -0.480 e. The van der Waals surface area contributed by atoms with Crippen LogP contribution in [0.1, 0.15) is 37.7 Å². The smallest absolute Gasteiger partial charge is 0.326 e. The SMILES string of the molecule is NCCCCC(NC(=O)C(Cc1c[nH]c2ccccc12)NC(=O)C(CS)NC(=O)C(N)CCCN=C(N)N)C(=O)O. The van der Waals surface area contributed by atoms with Crippen molar-refractivity contribution in [3.05, 3.63) is 36.0 Å². The topological polar surface area (TPSA) is 257 Å². The molecule has 4 atom stereocenters. The number of carbonyl (C=O) groups excluding carboxylic acids is 3. The largest absolute Gasteiger partial charge is 0.480 e. The zero-order valence-corrected chi connectivity index (χ0v) is 23.7. The third-order valence-electron chi connectivity index (χ3n) is 6.41. The third kappa shape index (κ3) is 10.9. The van der Waals surface area contributed by atoms with Crippen LogP contribution >= 0.6 is 12.6 Å². The number of aromatic nitrogens is 1. The van der Waals surface area contributed by atoms with Crippen molar-refractivity contribution in [1.29, 1.82) is 0 Å². The van der Waals surface area contributed by atoms with Crippen LogP contribution in [0.25, 0.3) is 10.9 Å². The molecule has 0 saturated carbocycles. The molecule has 0 radical (unpaired) electrons. The quantitative estimate of drug-likeness (QED) is 0.0426. The van der Waals surface area contributed by atoms with Crippen molar-refractivity contribution in [2.24, 2.45) is 27.9 Å². The van der Waals surface area contributed by atoms with Gasteiger partial charge in [0, 0.05) is 35.8 Å². The van der Waals surface area contributed by atoms with Gasteiger partial charge in [-0.05, 0) is 50.3 Å². The van der Waals surface area contributed by atoms with E-state index in [-0.39, 0.29) is 31.0 Å². The molecule has 0 aliphatic carbocycles. The minimum absolute atomic E-state index is 0.0636. The predicted molar refractivity (Wildman–Crippen MR) is 160 cm³/mol. The molecular weight excluding hydrogens is 550 g/mol. The lowest BCUT2D eigenvalue weighted by Crippen LogP contribution is -2.58. The molecule has 3 amide bonds. The second-order valence-electron chi connectivity index (χ2n) is 9.61. The summed E-state index contributed by atoms with van der Waals surface area (Å²) in [7, 11) is 0. The van der Waals surface area contributed by atoms with E-state index in [2.05, 4.69) is 38.6 Å². The van der Waals surface area contributed by atoms with Gasteiger partial charge in [-0.15, -0.1) is 0 Å². The van der Waals surface area contributed by atoms with Crippen LogP contribution in [-0.4, -0.2) is 82.8 Å². The normalized spacial score (nSPS) is 13.9. The van der Waals surface area contributed by atoms with E-state index in [1.54, 1.807) is 6.20 Å². The number of hydrogen-bond donors (Lipinski definition) is 10. The molecule has 4 unspecified atom stereocenters. The van der Waals surface area contributed by atoms with Crippen molar-refractivity contribution in [1.82, 2.24) is 20.9 Å². The summed E-state index contributed by atoms with van der Waals surface area (Å²) in [4.78, 5) is 58.0. The average Bonchev–Trinajstić information content (AvgIpc) is 3.35. The summed E-state index contributed by atoms with van der Waals surface area (Å²) in [5, 5.41) is 18.2. The van der Waals surface area contributed by atoms with Crippen LogP contribution in [0, 0.1) is 0 Å². The Labute approximate surface area is 243 Å². The van der Waals surface area contributed by atoms with Gasteiger partial charge < -0.3 is 49.0 Å². The van der Waals surface area contributed by atoms with E-state index in [4.69, 9.17) is 22.9 Å². The number of carboxylic acid groups (broad SMARTS) is 1. The summed E-state index contributed by atoms with van der Waals surface area (Å²) in [6.45, 7) is 0.699. The second kappa shape index (κ2) is 17.1. The van der Waals surface area contributed by atoms with Crippen molar-refractivity contribution in [3.8, 4) is 0 Å². The molecular formula is C26H41N9O5S. The Hall–Kier alpha value is -3.82. The molecule has 14 nitrogen and oxygen atoms in total. The molecule has 13 N–H and O–H groups in total. The van der Waals surface area contributed by atoms with Gasteiger partial charge in [-0.1, -0.05) is 18.2 Å². The fourth-order valence-electron chi connectivity index (χ4n) is 4.15. The number of carbonyl (C=O) groups is 4. The Morgan fingerprint density at radius 3 is 2.24 bits per heavy atom. The molecule has 0 spiro atoms. The molecule has 41 heavy (non-hydrogen) atoms. The van der Waals surface area contributed by atoms with Crippen molar-refractivity contribution in [2.45, 2.75) is 62.7 Å². The Balaban J connectivity index is 2.17. The van der Waals surface area contributed by atoms with E-state index >= 15 is 0 Å². The first-order valence-corrected chi connectivity index (χ1v) is 14.0. The molecule has 2 rings (SSSR count). The molecule has 1 aromatic heterocycles. The Bertz CT molecular complexity index is 1200. The highest BCUT2D eigenvalue weighted by atomic mass is 32.1. The van der Waals surface area contributed by atoms with Gasteiger partial charge in [0.05, 0.1) is 6.04 Å². The van der Waals surface area contributed by atoms with E-state index < -0.39 is 47.9 Å². The number of nitrogens with two attached hydrogens (primary N) is 4. The summed E-state index contributed by atoms with van der Waals surface area (Å²) in [5.41, 5.74) is 23.6. The number of H-pyrrole nitrogens is 1. The van der Waals surface area contributed by atoms with Gasteiger partial charge in [-0.25, -0.2) is 4.79 Å². The molecule has 15 heteroatoms. The van der Waals surface area contributed by atoms with E-state index in [9.17, 15) is 24.3 Å². The monoisotopic (exact) mass is 591 g/mol. The van der Waals surface area contributed by atoms with Crippen molar-refractivity contribution < 1.29 is 24.3 Å². The van der Waals surface area contributed by atoms with Crippen LogP contribution in [0.3, 0.4) is 0 Å². The number of fused-ring (bicyclic) bond motifs is 1. The molecule has 0 aliphatic heterocycles. The number of thiol groups is 1. The third-order valence-corrected chi connectivity index (χ3v) is 6.78. The summed E-state index contributed by atoms with van der Waals surface area (Å²) < 4.78 is 0. The van der Waals surface area contributed by atoms with Crippen molar-refractivity contribution in [2.75, 3.05) is 18.8 Å². The Morgan fingerprint density at radius 2 is 1.59 bits per heavy atom. The number of guanidine groups is 1. The molecule has 0 saturated heterocycles. The first-order valence-electron chi connectivity index (χ1n) is 13.4. The van der Waals surface area contributed by atoms with E-state index in [1.165, 1.54) is 0 Å². The summed E-state index contributed by atoms with van der Waals surface area (Å²) >= 11 is 4.19. The fourth-order valence-corrected chi connectivity index (χ4v) is 4.40. The van der Waals surface area contributed by atoms with Crippen LogP contribution in [-0.2, 0) is 25.6 Å². The van der Waals surface area contributed by atoms with Crippen molar-refractivity contribution >= 4 is 53.2 Å². The first kappa shape index (κ1) is 33.4. The van der Waals surface area contributed by atoms with Gasteiger partial charge >= 0.3 is 5.97 Å². The molecule has 0 aliphatic rings. The average molecular weight is 592 g/mol. The summed E-state index contributed by atoms with van der Waals surface area (Å²) in [6, 6.07) is 3.12. The van der Waals surface area contributed by atoms with E-state index in [0.717, 1.165) is 16.5 Å². The number of aliphatic carboxylic acids is 1. The number of aliphatic imine (C=N–C) groups is 1. The van der Waals surface area contributed by atoms with Gasteiger partial charge in [-0.2, -0.15) is 12.6 Å². The summed E-state index contributed by atoms with van der Waals surface area (Å²) in [6.07, 6.45) is 3.81. The van der Waals surface area contributed by atoms with Gasteiger partial charge in [-0.3, -0.25) is 19.4 Å². The number of benzene rings is 1. The molecule has 0 bridgehead atoms. The molecule has 1 heterocycles. The van der Waals surface area contributed by atoms with Crippen LogP contribution in [0.5, 0.6) is 0 Å². The lowest BCUT2D eigenvalue weighted by molar-refractivity contribution is -0.142. The number of nitrogens with zero attached hydrogens (tertiary/aromatic N) is 1. The maximum atomic E-state index is 13.3. The van der Waals surface area contributed by atoms with Crippen LogP contribution in [0.4, 0.5) is 0 Å². The van der Waals surface area contributed by atoms with Crippen LogP contribution in [0.15, 0.2) is 35.5 Å². The standard InChI is InChI=1S/C26H41N9O5S/c27-10-4-3-9-19(25(39)40)33-23(37)20(12-15-13-32-18-8-2-1-6-16(15)18)34-24(38)21(14-41)35-22(36)17(28)7-5-11-31-26(29)30/h1-2,6,8,13,17,19-21,32,41H,3-5,7,9-12,14,27-28H2,(H,33,37)(H,34,38)(H,35,36)(H,39,40)(H4,29,30,31). The highest BCUT2D eigenvalue weighted by molar-refractivity contribution is 7.80. The van der Waals surface area contributed by atoms with Gasteiger partial charge in [0.1, 0.15) is 18.1 Å². The fraction of sp³-hybridized carbons (Fsp3) is 0.500. The van der Waals surface area contributed by atoms with Gasteiger partial charge in [0.2, 0.25) is 17.7 Å². The maximum absolute atomic E-state index is 13.3. The van der Waals surface area contributed by atoms with Crippen LogP contribution in [0.2, 0.25) is 0 Å². The molecule has 0 fully saturated rings. The highest BCUT2D eigenvalue weighted by Crippen LogP contribution is 2.19. The molecule has 226 valence electrons. The number of para-hydroxylation sites is 1. The lowest BCUT2D eigenvalue weighted by Gasteiger charge is -2.24. The Morgan fingerprint density at radius 1 is 0.927 bits per heavy atom. The number of amides is 3. The van der Waals surface area contributed by atoms with E-state index in [0.29, 0.717) is 32.4 Å². The van der Waals surface area contributed by atoms with E-state index in [1.807, 2.05) is 24.3 Å². The number of unbranched alkanes of at least 4 members (excludes halogenated alkanes) is 1. The number of rotatable bonds is 18. The zero-order valence-electron chi connectivity index (χ0n) is 22.8. The van der Waals surface area contributed by atoms with Crippen molar-refractivity contribution in [3.63, 3.8) is 0 Å². The van der Waals surface area contributed by atoms with Gasteiger partial charge in [0.25, 0.3) is 0 Å². The predicted octanol–water partition coefficient (Wildman–Crippen LogP) is -1.31. The highest BCUT2D eigenvalue weighted by Gasteiger charge is 2.30. The minimum atomic E-state index is -1.19. The second-order valence-corrected chi connectivity index (χ2v) is 9.97. The Kier molecular flexibility index (Phi) is 13.9. The lowest BCUT2D eigenvalue weighted by atomic mass is 10.0. The molecule has 2 aromatic rings. The number of hydrogen-bond acceptors (Lipinski definition) is 8. The number of carboxylic acids is 1. The van der Waals surface area contributed by atoms with Crippen LogP contribution < -0.4 is 38.9 Å². The zero-order chi connectivity index (χ0) is 30.4. The number of nitrogens with one attached hydrogen (secondary N) is 4. The first-order chi connectivity index (χ1) is 19.6. The van der Waals surface area contributed by atoms with Gasteiger partial charge in [0.15, 0.2) is 5.96 Å². The summed E-state index contributed by atoms with van der Waals surface area (Å²) in [5.74, 6) is -3.25. The maximum Gasteiger partial charge on any atom is 0.326 e.